The Balaban J connectivity index is 3.26. The molecule has 0 amide bonds. The van der Waals surface area contributed by atoms with Crippen LogP contribution in [0.4, 0.5) is 5.69 Å². The van der Waals surface area contributed by atoms with Gasteiger partial charge in [-0.15, -0.1) is 0 Å². The summed E-state index contributed by atoms with van der Waals surface area (Å²) in [6.45, 7) is 11.5. The molecule has 1 aromatic rings. The molecule has 3 N–H and O–H groups in total. The predicted octanol–water partition coefficient (Wildman–Crippen LogP) is 2.60. The van der Waals surface area contributed by atoms with Crippen molar-refractivity contribution in [3.05, 3.63) is 23.3 Å². The van der Waals surface area contributed by atoms with E-state index in [1.54, 1.807) is 13.0 Å². The second-order valence-electron chi connectivity index (χ2n) is 6.13. The minimum atomic E-state index is -3.60. The van der Waals surface area contributed by atoms with Crippen LogP contribution < -0.4 is 10.5 Å². The standard InChI is InChI=1S/C14H24N2O2S/c1-9-7-8-12(15)13(10(9)2)19(17,18)16-11(3)14(4,5)6/h7-8,11,16H,15H2,1-6H3. The van der Waals surface area contributed by atoms with Gasteiger partial charge in [-0.3, -0.25) is 0 Å². The number of sulfonamides is 1. The molecule has 1 aromatic carbocycles. The summed E-state index contributed by atoms with van der Waals surface area (Å²) < 4.78 is 27.7. The maximum atomic E-state index is 12.5. The van der Waals surface area contributed by atoms with E-state index in [9.17, 15) is 8.42 Å². The number of nitrogens with one attached hydrogen (secondary N) is 1. The number of benzene rings is 1. The van der Waals surface area contributed by atoms with Crippen LogP contribution in [-0.4, -0.2) is 14.5 Å². The SMILES string of the molecule is Cc1ccc(N)c(S(=O)(=O)NC(C)C(C)(C)C)c1C. The molecule has 0 fully saturated rings. The molecule has 0 bridgehead atoms. The highest BCUT2D eigenvalue weighted by molar-refractivity contribution is 7.89. The molecule has 0 heterocycles. The third-order valence-corrected chi connectivity index (χ3v) is 5.35. The van der Waals surface area contributed by atoms with Crippen LogP contribution in [0.5, 0.6) is 0 Å². The van der Waals surface area contributed by atoms with Crippen LogP contribution in [0.1, 0.15) is 38.8 Å². The maximum Gasteiger partial charge on any atom is 0.243 e. The fourth-order valence-corrected chi connectivity index (χ4v) is 3.52. The van der Waals surface area contributed by atoms with Crippen molar-refractivity contribution < 1.29 is 8.42 Å². The van der Waals surface area contributed by atoms with Crippen molar-refractivity contribution in [2.75, 3.05) is 5.73 Å². The molecule has 0 aliphatic carbocycles. The Morgan fingerprint density at radius 1 is 1.21 bits per heavy atom. The van der Waals surface area contributed by atoms with Crippen molar-refractivity contribution >= 4 is 15.7 Å². The highest BCUT2D eigenvalue weighted by Gasteiger charge is 2.28. The van der Waals surface area contributed by atoms with Gasteiger partial charge in [-0.2, -0.15) is 0 Å². The summed E-state index contributed by atoms with van der Waals surface area (Å²) >= 11 is 0. The summed E-state index contributed by atoms with van der Waals surface area (Å²) in [5, 5.41) is 0. The second-order valence-corrected chi connectivity index (χ2v) is 7.79. The van der Waals surface area contributed by atoms with Crippen LogP contribution in [0.15, 0.2) is 17.0 Å². The van der Waals surface area contributed by atoms with E-state index in [0.717, 1.165) is 5.56 Å². The van der Waals surface area contributed by atoms with Crippen molar-refractivity contribution in [2.24, 2.45) is 5.41 Å². The average Bonchev–Trinajstić information content (AvgIpc) is 2.21. The van der Waals surface area contributed by atoms with Crippen LogP contribution in [0.2, 0.25) is 0 Å². The molecule has 0 aromatic heterocycles. The third-order valence-electron chi connectivity index (χ3n) is 3.61. The van der Waals surface area contributed by atoms with E-state index in [-0.39, 0.29) is 22.0 Å². The van der Waals surface area contributed by atoms with Gasteiger partial charge in [0.2, 0.25) is 10.0 Å². The first kappa shape index (κ1) is 16.0. The molecule has 0 saturated heterocycles. The number of rotatable bonds is 3. The van der Waals surface area contributed by atoms with Gasteiger partial charge in [0.1, 0.15) is 4.90 Å². The quantitative estimate of drug-likeness (QED) is 0.838. The fourth-order valence-electron chi connectivity index (χ4n) is 1.64. The van der Waals surface area contributed by atoms with Crippen LogP contribution in [0.3, 0.4) is 0 Å². The van der Waals surface area contributed by atoms with Crippen molar-refractivity contribution in [2.45, 2.75) is 52.5 Å². The number of nitrogen functional groups attached to an aromatic ring is 1. The van der Waals surface area contributed by atoms with Crippen LogP contribution in [-0.2, 0) is 10.0 Å². The van der Waals surface area contributed by atoms with Crippen molar-refractivity contribution in [1.29, 1.82) is 0 Å². The molecule has 1 atom stereocenters. The summed E-state index contributed by atoms with van der Waals surface area (Å²) in [6, 6.07) is 3.28. The lowest BCUT2D eigenvalue weighted by atomic mass is 9.89. The molecule has 0 saturated carbocycles. The third kappa shape index (κ3) is 3.48. The van der Waals surface area contributed by atoms with Gasteiger partial charge in [0, 0.05) is 6.04 Å². The number of hydrogen-bond donors (Lipinski definition) is 2. The molecule has 5 heteroatoms. The highest BCUT2D eigenvalue weighted by Crippen LogP contribution is 2.27. The first-order valence-electron chi connectivity index (χ1n) is 6.35. The van der Waals surface area contributed by atoms with Gasteiger partial charge < -0.3 is 5.73 Å². The first-order valence-corrected chi connectivity index (χ1v) is 7.83. The Kier molecular flexibility index (Phi) is 4.32. The zero-order chi connectivity index (χ0) is 15.0. The lowest BCUT2D eigenvalue weighted by Crippen LogP contribution is -2.41. The molecule has 19 heavy (non-hydrogen) atoms. The Morgan fingerprint density at radius 3 is 2.21 bits per heavy atom. The van der Waals surface area contributed by atoms with Crippen molar-refractivity contribution in [3.8, 4) is 0 Å². The minimum Gasteiger partial charge on any atom is -0.398 e. The van der Waals surface area contributed by atoms with Crippen molar-refractivity contribution in [1.82, 2.24) is 4.72 Å². The average molecular weight is 284 g/mol. The molecule has 0 radical (unpaired) electrons. The van der Waals surface area contributed by atoms with E-state index < -0.39 is 10.0 Å². The molecular formula is C14H24N2O2S. The van der Waals surface area contributed by atoms with Crippen LogP contribution in [0, 0.1) is 19.3 Å². The summed E-state index contributed by atoms with van der Waals surface area (Å²) in [5.41, 5.74) is 7.59. The van der Waals surface area contributed by atoms with Gasteiger partial charge in [0.05, 0.1) is 5.69 Å². The summed E-state index contributed by atoms with van der Waals surface area (Å²) in [5.74, 6) is 0. The summed E-state index contributed by atoms with van der Waals surface area (Å²) in [7, 11) is -3.60. The van der Waals surface area contributed by atoms with E-state index in [0.29, 0.717) is 5.56 Å². The Hall–Kier alpha value is -1.07. The smallest absolute Gasteiger partial charge is 0.243 e. The van der Waals surface area contributed by atoms with Gasteiger partial charge in [0.15, 0.2) is 0 Å². The molecule has 0 spiro atoms. The van der Waals surface area contributed by atoms with Gasteiger partial charge in [-0.1, -0.05) is 26.8 Å². The lowest BCUT2D eigenvalue weighted by Gasteiger charge is -2.28. The maximum absolute atomic E-state index is 12.5. The Morgan fingerprint density at radius 2 is 1.74 bits per heavy atom. The number of anilines is 1. The second kappa shape index (κ2) is 5.13. The lowest BCUT2D eigenvalue weighted by molar-refractivity contribution is 0.317. The number of aryl methyl sites for hydroxylation is 1. The van der Waals surface area contributed by atoms with Crippen LogP contribution >= 0.6 is 0 Å². The fraction of sp³-hybridized carbons (Fsp3) is 0.571. The van der Waals surface area contributed by atoms with E-state index in [1.165, 1.54) is 0 Å². The van der Waals surface area contributed by atoms with E-state index in [1.807, 2.05) is 40.7 Å². The molecule has 4 nitrogen and oxygen atoms in total. The van der Waals surface area contributed by atoms with Gasteiger partial charge in [0.25, 0.3) is 0 Å². The monoisotopic (exact) mass is 284 g/mol. The first-order chi connectivity index (χ1) is 8.47. The summed E-state index contributed by atoms with van der Waals surface area (Å²) in [4.78, 5) is 0.198. The molecule has 0 aliphatic rings. The predicted molar refractivity (Wildman–Crippen MR) is 79.6 cm³/mol. The van der Waals surface area contributed by atoms with Crippen molar-refractivity contribution in [3.63, 3.8) is 0 Å². The minimum absolute atomic E-state index is 0.153. The molecule has 0 aliphatic heterocycles. The molecule has 108 valence electrons. The van der Waals surface area contributed by atoms with E-state index in [2.05, 4.69) is 4.72 Å². The molecular weight excluding hydrogens is 260 g/mol. The zero-order valence-corrected chi connectivity index (χ0v) is 13.4. The van der Waals surface area contributed by atoms with E-state index in [4.69, 9.17) is 5.73 Å². The molecule has 1 rings (SSSR count). The zero-order valence-electron chi connectivity index (χ0n) is 12.5. The van der Waals surface area contributed by atoms with Gasteiger partial charge >= 0.3 is 0 Å². The van der Waals surface area contributed by atoms with Gasteiger partial charge in [-0.25, -0.2) is 13.1 Å². The van der Waals surface area contributed by atoms with Crippen LogP contribution in [0.25, 0.3) is 0 Å². The van der Waals surface area contributed by atoms with Gasteiger partial charge in [-0.05, 0) is 43.4 Å². The topological polar surface area (TPSA) is 72.2 Å². The molecule has 1 unspecified atom stereocenters. The van der Waals surface area contributed by atoms with E-state index >= 15 is 0 Å². The number of nitrogens with two attached hydrogens (primary N) is 1. The Bertz CT molecular complexity index is 572. The largest absolute Gasteiger partial charge is 0.398 e. The summed E-state index contributed by atoms with van der Waals surface area (Å²) in [6.07, 6.45) is 0. The Labute approximate surface area is 116 Å². The number of hydrogen-bond acceptors (Lipinski definition) is 3. The highest BCUT2D eigenvalue weighted by atomic mass is 32.2. The normalized spacial score (nSPS) is 14.4.